The first-order chi connectivity index (χ1) is 16.5. The van der Waals surface area contributed by atoms with Crippen LogP contribution in [0.5, 0.6) is 11.5 Å². The van der Waals surface area contributed by atoms with Gasteiger partial charge in [-0.25, -0.2) is 9.78 Å². The molecule has 4 rings (SSSR count). The summed E-state index contributed by atoms with van der Waals surface area (Å²) in [6.45, 7) is 2.03. The van der Waals surface area contributed by atoms with E-state index in [1.54, 1.807) is 49.4 Å². The molecular formula is C25H22BrN3O5. The highest BCUT2D eigenvalue weighted by atomic mass is 79.9. The van der Waals surface area contributed by atoms with Crippen LogP contribution in [0.4, 0.5) is 5.82 Å². The number of nitrogens with one attached hydrogen (secondary N) is 1. The van der Waals surface area contributed by atoms with Crippen molar-refractivity contribution in [1.29, 1.82) is 0 Å². The van der Waals surface area contributed by atoms with Gasteiger partial charge in [-0.2, -0.15) is 0 Å². The number of ether oxygens (including phenoxy) is 3. The van der Waals surface area contributed by atoms with Crippen molar-refractivity contribution >= 4 is 39.3 Å². The van der Waals surface area contributed by atoms with Gasteiger partial charge in [-0.3, -0.25) is 9.20 Å². The molecule has 0 aliphatic heterocycles. The lowest BCUT2D eigenvalue weighted by Crippen LogP contribution is -2.17. The van der Waals surface area contributed by atoms with Crippen molar-refractivity contribution in [3.63, 3.8) is 0 Å². The van der Waals surface area contributed by atoms with E-state index in [4.69, 9.17) is 19.2 Å². The lowest BCUT2D eigenvalue weighted by molar-refractivity contribution is -0.140. The minimum absolute atomic E-state index is 0.0222. The number of rotatable bonds is 8. The number of imidazole rings is 1. The molecule has 0 amide bonds. The molecule has 0 fully saturated rings. The molecule has 8 nitrogen and oxygen atoms in total. The van der Waals surface area contributed by atoms with Gasteiger partial charge in [-0.15, -0.1) is 0 Å². The van der Waals surface area contributed by atoms with Crippen LogP contribution < -0.4 is 14.8 Å². The highest BCUT2D eigenvalue weighted by molar-refractivity contribution is 9.10. The zero-order valence-electron chi connectivity index (χ0n) is 18.6. The maximum absolute atomic E-state index is 12.6. The summed E-state index contributed by atoms with van der Waals surface area (Å²) in [7, 11) is 1.54. The average Bonchev–Trinajstić information content (AvgIpc) is 3.20. The molecule has 2 heterocycles. The second kappa shape index (κ2) is 10.4. The van der Waals surface area contributed by atoms with Gasteiger partial charge in [0.15, 0.2) is 0 Å². The predicted octanol–water partition coefficient (Wildman–Crippen LogP) is 4.97. The quantitative estimate of drug-likeness (QED) is 0.257. The fraction of sp³-hybridized carbons (Fsp3) is 0.160. The number of methoxy groups -OCH3 is 1. The van der Waals surface area contributed by atoms with Crippen LogP contribution in [0.2, 0.25) is 0 Å². The van der Waals surface area contributed by atoms with Gasteiger partial charge in [0.25, 0.3) is 0 Å². The van der Waals surface area contributed by atoms with Crippen LogP contribution in [0.1, 0.15) is 17.3 Å². The van der Waals surface area contributed by atoms with E-state index in [2.05, 4.69) is 21.2 Å². The SMILES string of the molecule is CCOC(=O)CNc1c(-c2cccc(OC(=O)c3cccc(OC)c3)c2)nc2ccc(Br)cn12. The Kier molecular flexibility index (Phi) is 7.12. The smallest absolute Gasteiger partial charge is 0.343 e. The number of aromatic nitrogens is 2. The van der Waals surface area contributed by atoms with Crippen LogP contribution >= 0.6 is 15.9 Å². The molecular weight excluding hydrogens is 502 g/mol. The standard InChI is InChI=1S/C25H22BrN3O5/c1-3-33-22(30)14-27-24-23(28-21-11-10-18(26)15-29(21)24)16-6-4-9-20(12-16)34-25(31)17-7-5-8-19(13-17)32-2/h4-13,15,27H,3,14H2,1-2H3. The van der Waals surface area contributed by atoms with E-state index in [9.17, 15) is 9.59 Å². The Bertz CT molecular complexity index is 1350. The molecule has 0 saturated heterocycles. The predicted molar refractivity (Wildman–Crippen MR) is 131 cm³/mol. The molecule has 0 atom stereocenters. The van der Waals surface area contributed by atoms with Crippen molar-refractivity contribution in [2.45, 2.75) is 6.92 Å². The molecule has 4 aromatic rings. The number of fused-ring (bicyclic) bond motifs is 1. The summed E-state index contributed by atoms with van der Waals surface area (Å²) >= 11 is 3.47. The molecule has 0 aliphatic carbocycles. The van der Waals surface area contributed by atoms with Crippen molar-refractivity contribution in [3.8, 4) is 22.8 Å². The highest BCUT2D eigenvalue weighted by Crippen LogP contribution is 2.32. The summed E-state index contributed by atoms with van der Waals surface area (Å²) in [5.74, 6) is 0.659. The summed E-state index contributed by atoms with van der Waals surface area (Å²) in [4.78, 5) is 29.3. The molecule has 9 heteroatoms. The number of pyridine rings is 1. The van der Waals surface area contributed by atoms with Gasteiger partial charge in [0.05, 0.1) is 19.3 Å². The molecule has 174 valence electrons. The number of hydrogen-bond donors (Lipinski definition) is 1. The number of hydrogen-bond acceptors (Lipinski definition) is 7. The largest absolute Gasteiger partial charge is 0.497 e. The molecule has 0 unspecified atom stereocenters. The van der Waals surface area contributed by atoms with Crippen molar-refractivity contribution in [1.82, 2.24) is 9.38 Å². The zero-order chi connectivity index (χ0) is 24.1. The van der Waals surface area contributed by atoms with Gasteiger partial charge in [0.2, 0.25) is 0 Å². The number of carbonyl (C=O) groups is 2. The van der Waals surface area contributed by atoms with Crippen LogP contribution in [-0.2, 0) is 9.53 Å². The number of esters is 2. The summed E-state index contributed by atoms with van der Waals surface area (Å²) in [5, 5.41) is 3.13. The molecule has 2 aromatic carbocycles. The third kappa shape index (κ3) is 5.20. The molecule has 0 aliphatic rings. The first-order valence-corrected chi connectivity index (χ1v) is 11.3. The Morgan fingerprint density at radius 1 is 1.06 bits per heavy atom. The third-order valence-corrected chi connectivity index (χ3v) is 5.38. The Morgan fingerprint density at radius 3 is 2.65 bits per heavy atom. The second-order valence-electron chi connectivity index (χ2n) is 7.19. The zero-order valence-corrected chi connectivity index (χ0v) is 20.2. The van der Waals surface area contributed by atoms with Gasteiger partial charge in [0, 0.05) is 16.2 Å². The monoisotopic (exact) mass is 523 g/mol. The van der Waals surface area contributed by atoms with Gasteiger partial charge in [-0.1, -0.05) is 18.2 Å². The Morgan fingerprint density at radius 2 is 1.85 bits per heavy atom. The maximum atomic E-state index is 12.6. The normalized spacial score (nSPS) is 10.7. The van der Waals surface area contributed by atoms with Gasteiger partial charge in [-0.05, 0) is 65.3 Å². The summed E-state index contributed by atoms with van der Waals surface area (Å²) in [6, 6.07) is 17.5. The van der Waals surface area contributed by atoms with E-state index in [1.807, 2.05) is 28.8 Å². The number of benzene rings is 2. The fourth-order valence-corrected chi connectivity index (χ4v) is 3.72. The highest BCUT2D eigenvalue weighted by Gasteiger charge is 2.17. The third-order valence-electron chi connectivity index (χ3n) is 4.91. The van der Waals surface area contributed by atoms with Crippen LogP contribution in [0.3, 0.4) is 0 Å². The molecule has 34 heavy (non-hydrogen) atoms. The minimum Gasteiger partial charge on any atom is -0.497 e. The van der Waals surface area contributed by atoms with Crippen molar-refractivity contribution < 1.29 is 23.8 Å². The first-order valence-electron chi connectivity index (χ1n) is 10.5. The van der Waals surface area contributed by atoms with E-state index < -0.39 is 5.97 Å². The van der Waals surface area contributed by atoms with Gasteiger partial charge >= 0.3 is 11.9 Å². The van der Waals surface area contributed by atoms with Crippen molar-refractivity contribution in [2.75, 3.05) is 25.6 Å². The molecule has 2 aromatic heterocycles. The van der Waals surface area contributed by atoms with E-state index in [0.717, 1.165) is 4.47 Å². The summed E-state index contributed by atoms with van der Waals surface area (Å²) in [5.41, 5.74) is 2.37. The number of anilines is 1. The number of carbonyl (C=O) groups excluding carboxylic acids is 2. The van der Waals surface area contributed by atoms with Crippen LogP contribution in [0.25, 0.3) is 16.9 Å². The molecule has 1 N–H and O–H groups in total. The molecule has 0 spiro atoms. The van der Waals surface area contributed by atoms with E-state index >= 15 is 0 Å². The minimum atomic E-state index is -0.504. The topological polar surface area (TPSA) is 91.2 Å². The first kappa shape index (κ1) is 23.3. The summed E-state index contributed by atoms with van der Waals surface area (Å²) < 4.78 is 18.5. The van der Waals surface area contributed by atoms with Crippen LogP contribution in [0.15, 0.2) is 71.3 Å². The van der Waals surface area contributed by atoms with Crippen molar-refractivity contribution in [3.05, 3.63) is 76.9 Å². The van der Waals surface area contributed by atoms with E-state index in [-0.39, 0.29) is 12.5 Å². The molecule has 0 saturated carbocycles. The molecule has 0 radical (unpaired) electrons. The number of nitrogens with zero attached hydrogens (tertiary/aromatic N) is 2. The lowest BCUT2D eigenvalue weighted by Gasteiger charge is -2.10. The van der Waals surface area contributed by atoms with Crippen LogP contribution in [-0.4, -0.2) is 41.6 Å². The fourth-order valence-electron chi connectivity index (χ4n) is 3.38. The van der Waals surface area contributed by atoms with Crippen molar-refractivity contribution in [2.24, 2.45) is 0 Å². The summed E-state index contributed by atoms with van der Waals surface area (Å²) in [6.07, 6.45) is 1.85. The Labute approximate surface area is 204 Å². The van der Waals surface area contributed by atoms with Gasteiger partial charge in [0.1, 0.15) is 35.2 Å². The van der Waals surface area contributed by atoms with Gasteiger partial charge < -0.3 is 19.5 Å². The van der Waals surface area contributed by atoms with E-state index in [1.165, 1.54) is 7.11 Å². The maximum Gasteiger partial charge on any atom is 0.343 e. The second-order valence-corrected chi connectivity index (χ2v) is 8.11. The molecule has 0 bridgehead atoms. The lowest BCUT2D eigenvalue weighted by atomic mass is 10.1. The average molecular weight is 524 g/mol. The Balaban J connectivity index is 1.66. The number of halogens is 1. The Hall–Kier alpha value is -3.85. The van der Waals surface area contributed by atoms with E-state index in [0.29, 0.717) is 46.4 Å². The van der Waals surface area contributed by atoms with Crippen LogP contribution in [0, 0.1) is 0 Å².